The van der Waals surface area contributed by atoms with Crippen molar-refractivity contribution in [2.75, 3.05) is 45.2 Å². The Hall–Kier alpha value is -2.33. The van der Waals surface area contributed by atoms with E-state index in [1.165, 1.54) is 16.9 Å². The number of rotatable bonds is 8. The van der Waals surface area contributed by atoms with Crippen LogP contribution in [-0.2, 0) is 10.0 Å². The number of hydrogen-bond donors (Lipinski definition) is 0. The minimum Gasteiger partial charge on any atom is -0.309 e. The third kappa shape index (κ3) is 5.74. The first-order valence-corrected chi connectivity index (χ1v) is 14.4. The molecule has 35 heavy (non-hydrogen) atoms. The summed E-state index contributed by atoms with van der Waals surface area (Å²) in [6, 6.07) is 10.6. The molecule has 4 rings (SSSR count). The summed E-state index contributed by atoms with van der Waals surface area (Å²) in [7, 11) is 0.489. The first-order valence-electron chi connectivity index (χ1n) is 12.1. The molecule has 9 heteroatoms. The predicted molar refractivity (Wildman–Crippen MR) is 143 cm³/mol. The van der Waals surface area contributed by atoms with Crippen LogP contribution in [0.5, 0.6) is 0 Å². The molecule has 1 aliphatic rings. The van der Waals surface area contributed by atoms with Crippen molar-refractivity contribution >= 4 is 42.6 Å². The third-order valence-corrected chi connectivity index (χ3v) is 9.27. The maximum Gasteiger partial charge on any atom is 0.260 e. The van der Waals surface area contributed by atoms with E-state index in [0.717, 1.165) is 48.0 Å². The first-order chi connectivity index (χ1) is 16.7. The van der Waals surface area contributed by atoms with Crippen LogP contribution in [0.3, 0.4) is 0 Å². The summed E-state index contributed by atoms with van der Waals surface area (Å²) in [5, 5.41) is 0.669. The van der Waals surface area contributed by atoms with Crippen LogP contribution in [0.25, 0.3) is 10.2 Å². The number of nitrogens with zero attached hydrogens (tertiary/aromatic N) is 4. The zero-order valence-corrected chi connectivity index (χ0v) is 22.6. The van der Waals surface area contributed by atoms with Gasteiger partial charge in [-0.1, -0.05) is 23.8 Å². The monoisotopic (exact) mass is 514 g/mol. The van der Waals surface area contributed by atoms with Gasteiger partial charge in [-0.3, -0.25) is 9.69 Å². The van der Waals surface area contributed by atoms with Gasteiger partial charge in [0.25, 0.3) is 5.91 Å². The van der Waals surface area contributed by atoms with E-state index in [1.54, 1.807) is 33.5 Å². The molecule has 188 valence electrons. The van der Waals surface area contributed by atoms with Gasteiger partial charge in [-0.25, -0.2) is 13.4 Å². The molecule has 3 aromatic rings. The average Bonchev–Trinajstić information content (AvgIpc) is 3.26. The van der Waals surface area contributed by atoms with Crippen LogP contribution < -0.4 is 4.90 Å². The lowest BCUT2D eigenvalue weighted by molar-refractivity contribution is 0.0986. The summed E-state index contributed by atoms with van der Waals surface area (Å²) < 4.78 is 28.6. The topological polar surface area (TPSA) is 73.8 Å². The fourth-order valence-electron chi connectivity index (χ4n) is 4.48. The molecule has 1 saturated heterocycles. The van der Waals surface area contributed by atoms with Gasteiger partial charge in [0.1, 0.15) is 0 Å². The lowest BCUT2D eigenvalue weighted by atomic mass is 10.1. The highest BCUT2D eigenvalue weighted by atomic mass is 32.2. The Morgan fingerprint density at radius 2 is 1.71 bits per heavy atom. The van der Waals surface area contributed by atoms with Crippen molar-refractivity contribution < 1.29 is 13.2 Å². The lowest BCUT2D eigenvalue weighted by Crippen LogP contribution is -2.35. The molecule has 1 fully saturated rings. The van der Waals surface area contributed by atoms with Crippen molar-refractivity contribution in [1.29, 1.82) is 0 Å². The molecule has 2 heterocycles. The predicted octanol–water partition coefficient (Wildman–Crippen LogP) is 4.69. The number of amides is 1. The van der Waals surface area contributed by atoms with E-state index < -0.39 is 10.0 Å². The number of carbonyl (C=O) groups is 1. The van der Waals surface area contributed by atoms with Gasteiger partial charge >= 0.3 is 0 Å². The van der Waals surface area contributed by atoms with Crippen molar-refractivity contribution in [3.8, 4) is 0 Å². The van der Waals surface area contributed by atoms with E-state index in [1.807, 2.05) is 21.0 Å². The Balaban J connectivity index is 1.62. The minimum absolute atomic E-state index is 0.167. The summed E-state index contributed by atoms with van der Waals surface area (Å²) in [4.78, 5) is 22.5. The smallest absolute Gasteiger partial charge is 0.260 e. The van der Waals surface area contributed by atoms with Crippen LogP contribution in [0.15, 0.2) is 41.3 Å². The van der Waals surface area contributed by atoms with Crippen LogP contribution >= 0.6 is 11.3 Å². The lowest BCUT2D eigenvalue weighted by Gasteiger charge is -2.26. The number of carbonyl (C=O) groups excluding carboxylic acids is 1. The Morgan fingerprint density at radius 1 is 1.03 bits per heavy atom. The van der Waals surface area contributed by atoms with Crippen molar-refractivity contribution in [3.05, 3.63) is 53.1 Å². The summed E-state index contributed by atoms with van der Waals surface area (Å²) in [5.41, 5.74) is 3.64. The molecule has 0 saturated carbocycles. The molecule has 2 aromatic carbocycles. The van der Waals surface area contributed by atoms with Gasteiger partial charge in [0.15, 0.2) is 5.13 Å². The quantitative estimate of drug-likeness (QED) is 0.436. The number of benzene rings is 2. The summed E-state index contributed by atoms with van der Waals surface area (Å²) in [5.74, 6) is -0.167. The number of hydrogen-bond acceptors (Lipinski definition) is 6. The molecule has 0 spiro atoms. The standard InChI is InChI=1S/C26H34N4O3S2/c1-19-17-20(2)24-23(18-19)34-26(27-24)30(16-8-13-28(3)4)25(31)21-9-11-22(12-10-21)35(32,33)29-14-6-5-7-15-29/h9-12,17-18H,5-8,13-16H2,1-4H3. The number of thiazole rings is 1. The summed E-state index contributed by atoms with van der Waals surface area (Å²) in [6.45, 7) is 6.59. The number of anilines is 1. The fourth-order valence-corrected chi connectivity index (χ4v) is 7.17. The molecule has 0 aliphatic carbocycles. The van der Waals surface area contributed by atoms with E-state index in [4.69, 9.17) is 4.98 Å². The minimum atomic E-state index is -3.53. The highest BCUT2D eigenvalue weighted by molar-refractivity contribution is 7.89. The Kier molecular flexibility index (Phi) is 7.90. The SMILES string of the molecule is Cc1cc(C)c2nc(N(CCCN(C)C)C(=O)c3ccc(S(=O)(=O)N4CCCCC4)cc3)sc2c1. The van der Waals surface area contributed by atoms with Gasteiger partial charge < -0.3 is 4.90 Å². The molecule has 0 N–H and O–H groups in total. The number of aromatic nitrogens is 1. The zero-order valence-electron chi connectivity index (χ0n) is 21.0. The number of piperidine rings is 1. The van der Waals surface area contributed by atoms with E-state index in [2.05, 4.69) is 24.0 Å². The van der Waals surface area contributed by atoms with Crippen LogP contribution in [0.2, 0.25) is 0 Å². The van der Waals surface area contributed by atoms with E-state index >= 15 is 0 Å². The molecule has 1 aliphatic heterocycles. The Bertz CT molecular complexity index is 1290. The number of sulfonamides is 1. The van der Waals surface area contributed by atoms with Crippen LogP contribution in [0.1, 0.15) is 47.2 Å². The Labute approximate surface area is 212 Å². The van der Waals surface area contributed by atoms with Crippen LogP contribution in [-0.4, -0.2) is 68.8 Å². The highest BCUT2D eigenvalue weighted by Gasteiger charge is 2.27. The first kappa shape index (κ1) is 25.8. The maximum absolute atomic E-state index is 13.6. The number of aryl methyl sites for hydroxylation is 2. The van der Waals surface area contributed by atoms with E-state index in [0.29, 0.717) is 30.3 Å². The highest BCUT2D eigenvalue weighted by Crippen LogP contribution is 2.33. The molecule has 0 radical (unpaired) electrons. The van der Waals surface area contributed by atoms with Crippen molar-refractivity contribution in [3.63, 3.8) is 0 Å². The largest absolute Gasteiger partial charge is 0.309 e. The van der Waals surface area contributed by atoms with Crippen LogP contribution in [0, 0.1) is 13.8 Å². The van der Waals surface area contributed by atoms with Gasteiger partial charge in [-0.05, 0) is 95.2 Å². The molecule has 0 bridgehead atoms. The molecule has 7 nitrogen and oxygen atoms in total. The average molecular weight is 515 g/mol. The van der Waals surface area contributed by atoms with Crippen molar-refractivity contribution in [2.24, 2.45) is 0 Å². The van der Waals surface area contributed by atoms with Crippen molar-refractivity contribution in [1.82, 2.24) is 14.2 Å². The van der Waals surface area contributed by atoms with E-state index in [9.17, 15) is 13.2 Å². The van der Waals surface area contributed by atoms with Gasteiger partial charge in [-0.2, -0.15) is 4.31 Å². The Morgan fingerprint density at radius 3 is 2.37 bits per heavy atom. The molecular weight excluding hydrogens is 480 g/mol. The maximum atomic E-state index is 13.6. The normalized spacial score (nSPS) is 15.1. The molecule has 0 unspecified atom stereocenters. The third-order valence-electron chi connectivity index (χ3n) is 6.34. The molecule has 1 amide bonds. The van der Waals surface area contributed by atoms with Gasteiger partial charge in [-0.15, -0.1) is 0 Å². The van der Waals surface area contributed by atoms with Crippen molar-refractivity contribution in [2.45, 2.75) is 44.4 Å². The fraction of sp³-hybridized carbons (Fsp3) is 0.462. The molecule has 0 atom stereocenters. The molecular formula is C26H34N4O3S2. The van der Waals surface area contributed by atoms with E-state index in [-0.39, 0.29) is 10.8 Å². The number of fused-ring (bicyclic) bond motifs is 1. The van der Waals surface area contributed by atoms with Gasteiger partial charge in [0.2, 0.25) is 10.0 Å². The second-order valence-corrected chi connectivity index (χ2v) is 12.5. The van der Waals surface area contributed by atoms with Gasteiger partial charge in [0, 0.05) is 25.2 Å². The van der Waals surface area contributed by atoms with Crippen LogP contribution in [0.4, 0.5) is 5.13 Å². The second kappa shape index (κ2) is 10.7. The van der Waals surface area contributed by atoms with Gasteiger partial charge in [0.05, 0.1) is 15.1 Å². The summed E-state index contributed by atoms with van der Waals surface area (Å²) >= 11 is 1.52. The zero-order chi connectivity index (χ0) is 25.2. The molecule has 1 aromatic heterocycles. The second-order valence-electron chi connectivity index (χ2n) is 9.53. The summed E-state index contributed by atoms with van der Waals surface area (Å²) in [6.07, 6.45) is 3.64.